The molecule has 2 aliphatic heterocycles. The van der Waals surface area contributed by atoms with Gasteiger partial charge in [0.05, 0.1) is 6.54 Å². The average Bonchev–Trinajstić information content (AvgIpc) is 2.74. The van der Waals surface area contributed by atoms with Crippen molar-refractivity contribution in [3.05, 3.63) is 29.8 Å². The molecule has 0 radical (unpaired) electrons. The van der Waals surface area contributed by atoms with Crippen LogP contribution in [0.4, 0.5) is 5.69 Å². The number of aliphatic imine (C=N–C) groups is 1. The summed E-state index contributed by atoms with van der Waals surface area (Å²) < 4.78 is 0. The highest BCUT2D eigenvalue weighted by Gasteiger charge is 2.11. The Morgan fingerprint density at radius 2 is 1.71 bits per heavy atom. The molecular formula is C21H36IN5S. The minimum atomic E-state index is 0. The summed E-state index contributed by atoms with van der Waals surface area (Å²) in [6.07, 6.45) is 4.09. The average molecular weight is 518 g/mol. The van der Waals surface area contributed by atoms with Crippen molar-refractivity contribution in [2.75, 3.05) is 62.2 Å². The first-order chi connectivity index (χ1) is 13.3. The molecule has 0 atom stereocenters. The van der Waals surface area contributed by atoms with Gasteiger partial charge in [-0.25, -0.2) is 4.99 Å². The first kappa shape index (κ1) is 23.6. The highest BCUT2D eigenvalue weighted by Crippen LogP contribution is 2.20. The fourth-order valence-electron chi connectivity index (χ4n) is 3.66. The smallest absolute Gasteiger partial charge is 0.191 e. The maximum atomic E-state index is 4.77. The van der Waals surface area contributed by atoms with Gasteiger partial charge in [-0.05, 0) is 50.6 Å². The van der Waals surface area contributed by atoms with E-state index in [0.29, 0.717) is 0 Å². The van der Waals surface area contributed by atoms with Crippen LogP contribution in [0.5, 0.6) is 0 Å². The first-order valence-corrected chi connectivity index (χ1v) is 11.7. The Balaban J connectivity index is 0.00000280. The lowest BCUT2D eigenvalue weighted by molar-refractivity contribution is 0.232. The number of anilines is 1. The fraction of sp³-hybridized carbons (Fsp3) is 0.667. The van der Waals surface area contributed by atoms with E-state index in [1.165, 1.54) is 55.1 Å². The molecule has 28 heavy (non-hydrogen) atoms. The molecule has 0 aliphatic carbocycles. The van der Waals surface area contributed by atoms with Gasteiger partial charge in [0.1, 0.15) is 0 Å². The van der Waals surface area contributed by atoms with E-state index in [-0.39, 0.29) is 24.0 Å². The van der Waals surface area contributed by atoms with E-state index in [4.69, 9.17) is 4.99 Å². The largest absolute Gasteiger partial charge is 0.370 e. The lowest BCUT2D eigenvalue weighted by Crippen LogP contribution is -2.42. The summed E-state index contributed by atoms with van der Waals surface area (Å²) in [6.45, 7) is 10.6. The third-order valence-corrected chi connectivity index (χ3v) is 6.19. The summed E-state index contributed by atoms with van der Waals surface area (Å²) >= 11 is 2.05. The van der Waals surface area contributed by atoms with Crippen LogP contribution in [0.3, 0.4) is 0 Å². The molecule has 0 unspecified atom stereocenters. The molecule has 2 fully saturated rings. The Morgan fingerprint density at radius 1 is 1.00 bits per heavy atom. The molecule has 0 bridgehead atoms. The Labute approximate surface area is 192 Å². The van der Waals surface area contributed by atoms with Crippen LogP contribution in [0, 0.1) is 0 Å². The summed E-state index contributed by atoms with van der Waals surface area (Å²) in [4.78, 5) is 9.80. The second kappa shape index (κ2) is 13.5. The van der Waals surface area contributed by atoms with Gasteiger partial charge in [0.15, 0.2) is 5.96 Å². The molecule has 2 saturated heterocycles. The second-order valence-corrected chi connectivity index (χ2v) is 8.51. The van der Waals surface area contributed by atoms with Gasteiger partial charge in [0.25, 0.3) is 0 Å². The van der Waals surface area contributed by atoms with Gasteiger partial charge in [-0.15, -0.1) is 24.0 Å². The van der Waals surface area contributed by atoms with Crippen LogP contribution in [0.1, 0.15) is 31.7 Å². The van der Waals surface area contributed by atoms with Crippen molar-refractivity contribution in [1.82, 2.24) is 15.5 Å². The zero-order chi connectivity index (χ0) is 18.7. The fourth-order valence-corrected chi connectivity index (χ4v) is 4.56. The van der Waals surface area contributed by atoms with Crippen molar-refractivity contribution in [2.45, 2.75) is 32.7 Å². The molecule has 7 heteroatoms. The number of benzene rings is 1. The highest BCUT2D eigenvalue weighted by atomic mass is 127. The molecule has 0 saturated carbocycles. The minimum Gasteiger partial charge on any atom is -0.370 e. The third-order valence-electron chi connectivity index (χ3n) is 5.25. The molecule has 0 spiro atoms. The van der Waals surface area contributed by atoms with Crippen LogP contribution in [-0.4, -0.2) is 68.2 Å². The van der Waals surface area contributed by atoms with E-state index in [9.17, 15) is 0 Å². The van der Waals surface area contributed by atoms with E-state index in [1.54, 1.807) is 0 Å². The standard InChI is InChI=1S/C21H35N5S.HI/c1-2-22-21(23-10-13-25-11-4-3-5-12-25)24-18-19-6-8-20(9-7-19)26-14-16-27-17-15-26;/h6-9H,2-5,10-18H2,1H3,(H2,22,23,24);1H. The number of hydrogen-bond donors (Lipinski definition) is 2. The van der Waals surface area contributed by atoms with E-state index in [2.05, 4.69) is 63.4 Å². The normalized spacial score (nSPS) is 18.5. The van der Waals surface area contributed by atoms with Gasteiger partial charge < -0.3 is 20.4 Å². The number of piperidine rings is 1. The van der Waals surface area contributed by atoms with Crippen LogP contribution in [0.25, 0.3) is 0 Å². The number of guanidine groups is 1. The zero-order valence-electron chi connectivity index (χ0n) is 17.2. The van der Waals surface area contributed by atoms with Crippen LogP contribution < -0.4 is 15.5 Å². The number of rotatable bonds is 7. The monoisotopic (exact) mass is 517 g/mol. The van der Waals surface area contributed by atoms with Gasteiger partial charge in [0.2, 0.25) is 0 Å². The second-order valence-electron chi connectivity index (χ2n) is 7.29. The molecular weight excluding hydrogens is 481 g/mol. The topological polar surface area (TPSA) is 42.9 Å². The highest BCUT2D eigenvalue weighted by molar-refractivity contribution is 14.0. The quantitative estimate of drug-likeness (QED) is 0.330. The summed E-state index contributed by atoms with van der Waals surface area (Å²) in [5.41, 5.74) is 2.60. The molecule has 1 aromatic rings. The lowest BCUT2D eigenvalue weighted by atomic mass is 10.1. The van der Waals surface area contributed by atoms with E-state index < -0.39 is 0 Å². The van der Waals surface area contributed by atoms with Gasteiger partial charge >= 0.3 is 0 Å². The SMILES string of the molecule is CCNC(=NCc1ccc(N2CCSCC2)cc1)NCCN1CCCCC1.I. The number of nitrogens with one attached hydrogen (secondary N) is 2. The molecule has 0 amide bonds. The number of hydrogen-bond acceptors (Lipinski definition) is 4. The molecule has 0 aromatic heterocycles. The molecule has 3 rings (SSSR count). The Hall–Kier alpha value is -0.670. The van der Waals surface area contributed by atoms with E-state index >= 15 is 0 Å². The van der Waals surface area contributed by atoms with Crippen LogP contribution >= 0.6 is 35.7 Å². The molecule has 1 aromatic carbocycles. The minimum absolute atomic E-state index is 0. The van der Waals surface area contributed by atoms with Crippen molar-refractivity contribution in [2.24, 2.45) is 4.99 Å². The predicted octanol–water partition coefficient (Wildman–Crippen LogP) is 3.40. The van der Waals surface area contributed by atoms with Crippen molar-refractivity contribution < 1.29 is 0 Å². The number of nitrogens with zero attached hydrogens (tertiary/aromatic N) is 3. The number of thioether (sulfide) groups is 1. The summed E-state index contributed by atoms with van der Waals surface area (Å²) in [7, 11) is 0. The van der Waals surface area contributed by atoms with Gasteiger partial charge in [-0.2, -0.15) is 11.8 Å². The van der Waals surface area contributed by atoms with Gasteiger partial charge in [-0.1, -0.05) is 18.6 Å². The molecule has 2 N–H and O–H groups in total. The molecule has 5 nitrogen and oxygen atoms in total. The van der Waals surface area contributed by atoms with Gasteiger partial charge in [0, 0.05) is 49.9 Å². The van der Waals surface area contributed by atoms with Gasteiger partial charge in [-0.3, -0.25) is 0 Å². The Morgan fingerprint density at radius 3 is 2.39 bits per heavy atom. The molecule has 2 aliphatic rings. The van der Waals surface area contributed by atoms with Crippen molar-refractivity contribution in [1.29, 1.82) is 0 Å². The Bertz CT molecular complexity index is 569. The number of halogens is 1. The lowest BCUT2D eigenvalue weighted by Gasteiger charge is -2.28. The van der Waals surface area contributed by atoms with E-state index in [1.807, 2.05) is 0 Å². The van der Waals surface area contributed by atoms with Crippen molar-refractivity contribution >= 4 is 47.4 Å². The number of likely N-dealkylation sites (tertiary alicyclic amines) is 1. The molecule has 158 valence electrons. The summed E-state index contributed by atoms with van der Waals surface area (Å²) in [5.74, 6) is 3.40. The first-order valence-electron chi connectivity index (χ1n) is 10.5. The Kier molecular flexibility index (Phi) is 11.4. The van der Waals surface area contributed by atoms with Crippen molar-refractivity contribution in [3.8, 4) is 0 Å². The maximum Gasteiger partial charge on any atom is 0.191 e. The predicted molar refractivity (Wildman–Crippen MR) is 135 cm³/mol. The van der Waals surface area contributed by atoms with Crippen molar-refractivity contribution in [3.63, 3.8) is 0 Å². The molecule has 2 heterocycles. The van der Waals surface area contributed by atoms with Crippen LogP contribution in [-0.2, 0) is 6.54 Å². The summed E-state index contributed by atoms with van der Waals surface area (Å²) in [6, 6.07) is 8.94. The maximum absolute atomic E-state index is 4.77. The van der Waals surface area contributed by atoms with Crippen LogP contribution in [0.2, 0.25) is 0 Å². The zero-order valence-corrected chi connectivity index (χ0v) is 20.3. The summed E-state index contributed by atoms with van der Waals surface area (Å²) in [5, 5.41) is 6.85. The third kappa shape index (κ3) is 7.99. The van der Waals surface area contributed by atoms with Crippen LogP contribution in [0.15, 0.2) is 29.3 Å². The van der Waals surface area contributed by atoms with E-state index in [0.717, 1.165) is 45.2 Å².